The summed E-state index contributed by atoms with van der Waals surface area (Å²) in [4.78, 5) is 0. The maximum Gasteiger partial charge on any atom is 0.0647 e. The largest absolute Gasteiger partial charge is 0.393 e. The van der Waals surface area contributed by atoms with E-state index in [1.807, 2.05) is 0 Å². The van der Waals surface area contributed by atoms with Crippen LogP contribution in [0.5, 0.6) is 0 Å². The van der Waals surface area contributed by atoms with Crippen LogP contribution >= 0.6 is 0 Å². The van der Waals surface area contributed by atoms with Crippen molar-refractivity contribution in [3.63, 3.8) is 0 Å². The van der Waals surface area contributed by atoms with Gasteiger partial charge in [-0.1, -0.05) is 0 Å². The molecule has 0 rings (SSSR count). The van der Waals surface area contributed by atoms with E-state index < -0.39 is 23.4 Å². The van der Waals surface area contributed by atoms with Gasteiger partial charge in [-0.3, -0.25) is 0 Å². The van der Waals surface area contributed by atoms with Crippen LogP contribution in [-0.2, 0) is 0 Å². The second-order valence-electron chi connectivity index (χ2n) is 5.76. The van der Waals surface area contributed by atoms with Crippen LogP contribution in [0.3, 0.4) is 0 Å². The molecule has 3 unspecified atom stereocenters. The van der Waals surface area contributed by atoms with Crippen LogP contribution < -0.4 is 0 Å². The Hall–Kier alpha value is -0.160. The highest BCUT2D eigenvalue weighted by atomic mass is 16.3. The summed E-state index contributed by atoms with van der Waals surface area (Å²) < 4.78 is 0. The normalized spacial score (nSPS) is 20.2. The molecule has 4 nitrogen and oxygen atoms in total. The van der Waals surface area contributed by atoms with Crippen molar-refractivity contribution in [3.05, 3.63) is 0 Å². The molecule has 0 aliphatic carbocycles. The molecule has 0 amide bonds. The molecular weight excluding hydrogens is 208 g/mol. The summed E-state index contributed by atoms with van der Waals surface area (Å²) in [5, 5.41) is 38.2. The Morgan fingerprint density at radius 2 is 1.56 bits per heavy atom. The van der Waals surface area contributed by atoms with Crippen molar-refractivity contribution in [3.8, 4) is 0 Å². The summed E-state index contributed by atoms with van der Waals surface area (Å²) in [6.07, 6.45) is 0.279. The maximum atomic E-state index is 10.00. The van der Waals surface area contributed by atoms with Gasteiger partial charge in [0.1, 0.15) is 0 Å². The first-order valence-corrected chi connectivity index (χ1v) is 5.83. The summed E-state index contributed by atoms with van der Waals surface area (Å²) in [6.45, 7) is 6.57. The molecular formula is C12H26O4. The van der Waals surface area contributed by atoms with E-state index in [0.29, 0.717) is 19.3 Å². The predicted octanol–water partition coefficient (Wildman–Crippen LogP) is 0.810. The second kappa shape index (κ2) is 5.96. The third kappa shape index (κ3) is 9.09. The number of hydrogen-bond donors (Lipinski definition) is 4. The molecule has 0 aliphatic rings. The molecule has 0 aromatic carbocycles. The van der Waals surface area contributed by atoms with E-state index in [-0.39, 0.29) is 6.42 Å². The minimum Gasteiger partial charge on any atom is -0.393 e. The van der Waals surface area contributed by atoms with Gasteiger partial charge < -0.3 is 20.4 Å². The van der Waals surface area contributed by atoms with Gasteiger partial charge in [0.15, 0.2) is 0 Å². The SMILES string of the molecule is CC(O)CC(O)CCC(C)(O)CC(C)(C)O. The zero-order valence-electron chi connectivity index (χ0n) is 10.8. The van der Waals surface area contributed by atoms with Gasteiger partial charge >= 0.3 is 0 Å². The molecule has 0 bridgehead atoms. The highest BCUT2D eigenvalue weighted by molar-refractivity contribution is 4.82. The first kappa shape index (κ1) is 15.8. The summed E-state index contributed by atoms with van der Waals surface area (Å²) in [5.41, 5.74) is -1.91. The third-order valence-corrected chi connectivity index (χ3v) is 2.44. The van der Waals surface area contributed by atoms with Crippen LogP contribution in [0.1, 0.15) is 53.4 Å². The molecule has 98 valence electrons. The molecule has 0 spiro atoms. The van der Waals surface area contributed by atoms with Crippen LogP contribution in [0, 0.1) is 0 Å². The van der Waals surface area contributed by atoms with Crippen molar-refractivity contribution in [2.45, 2.75) is 76.8 Å². The predicted molar refractivity (Wildman–Crippen MR) is 63.1 cm³/mol. The lowest BCUT2D eigenvalue weighted by Gasteiger charge is -2.31. The van der Waals surface area contributed by atoms with Crippen LogP contribution in [0.15, 0.2) is 0 Å². The van der Waals surface area contributed by atoms with Crippen LogP contribution in [0.25, 0.3) is 0 Å². The lowest BCUT2D eigenvalue weighted by molar-refractivity contribution is -0.0478. The Labute approximate surface area is 97.9 Å². The summed E-state index contributed by atoms with van der Waals surface area (Å²) in [5.74, 6) is 0. The average Bonchev–Trinajstić information content (AvgIpc) is 1.95. The molecule has 0 aromatic rings. The van der Waals surface area contributed by atoms with Gasteiger partial charge in [0, 0.05) is 6.42 Å². The van der Waals surface area contributed by atoms with Crippen molar-refractivity contribution in [1.29, 1.82) is 0 Å². The fourth-order valence-electron chi connectivity index (χ4n) is 2.01. The topological polar surface area (TPSA) is 80.9 Å². The summed E-state index contributed by atoms with van der Waals surface area (Å²) in [7, 11) is 0. The van der Waals surface area contributed by atoms with Crippen LogP contribution in [0.2, 0.25) is 0 Å². The first-order chi connectivity index (χ1) is 7.02. The van der Waals surface area contributed by atoms with Crippen molar-refractivity contribution in [2.75, 3.05) is 0 Å². The second-order valence-corrected chi connectivity index (χ2v) is 5.76. The number of rotatable bonds is 7. The zero-order chi connectivity index (χ0) is 13.0. The van der Waals surface area contributed by atoms with Gasteiger partial charge in [0.05, 0.1) is 23.4 Å². The van der Waals surface area contributed by atoms with Crippen molar-refractivity contribution in [2.24, 2.45) is 0 Å². The van der Waals surface area contributed by atoms with Gasteiger partial charge in [-0.15, -0.1) is 0 Å². The number of hydrogen-bond acceptors (Lipinski definition) is 4. The van der Waals surface area contributed by atoms with Crippen LogP contribution in [0.4, 0.5) is 0 Å². The molecule has 3 atom stereocenters. The Morgan fingerprint density at radius 1 is 1.06 bits per heavy atom. The summed E-state index contributed by atoms with van der Waals surface area (Å²) >= 11 is 0. The molecule has 4 heteroatoms. The molecule has 0 aliphatic heterocycles. The molecule has 0 saturated heterocycles. The maximum absolute atomic E-state index is 10.00. The molecule has 0 saturated carbocycles. The Kier molecular flexibility index (Phi) is 5.90. The third-order valence-electron chi connectivity index (χ3n) is 2.44. The number of aliphatic hydroxyl groups is 4. The Balaban J connectivity index is 3.99. The van der Waals surface area contributed by atoms with E-state index in [1.54, 1.807) is 27.7 Å². The molecule has 0 fully saturated rings. The molecule has 4 N–H and O–H groups in total. The Morgan fingerprint density at radius 3 is 1.94 bits per heavy atom. The van der Waals surface area contributed by atoms with Gasteiger partial charge in [0.25, 0.3) is 0 Å². The molecule has 0 heterocycles. The highest BCUT2D eigenvalue weighted by Crippen LogP contribution is 2.25. The van der Waals surface area contributed by atoms with Crippen LogP contribution in [-0.4, -0.2) is 43.8 Å². The first-order valence-electron chi connectivity index (χ1n) is 5.83. The molecule has 16 heavy (non-hydrogen) atoms. The van der Waals surface area contributed by atoms with Gasteiger partial charge in [-0.2, -0.15) is 0 Å². The molecule has 0 radical (unpaired) electrons. The van der Waals surface area contributed by atoms with Gasteiger partial charge in [-0.05, 0) is 47.0 Å². The smallest absolute Gasteiger partial charge is 0.0647 e. The molecule has 0 aromatic heterocycles. The zero-order valence-corrected chi connectivity index (χ0v) is 10.8. The van der Waals surface area contributed by atoms with Crippen molar-refractivity contribution in [1.82, 2.24) is 0 Å². The van der Waals surface area contributed by atoms with E-state index in [4.69, 9.17) is 5.11 Å². The van der Waals surface area contributed by atoms with E-state index in [2.05, 4.69) is 0 Å². The highest BCUT2D eigenvalue weighted by Gasteiger charge is 2.29. The van der Waals surface area contributed by atoms with Crippen molar-refractivity contribution >= 4 is 0 Å². The van der Waals surface area contributed by atoms with E-state index in [0.717, 1.165) is 0 Å². The van der Waals surface area contributed by atoms with Crippen molar-refractivity contribution < 1.29 is 20.4 Å². The minimum atomic E-state index is -0.988. The van der Waals surface area contributed by atoms with E-state index in [1.165, 1.54) is 0 Å². The van der Waals surface area contributed by atoms with Gasteiger partial charge in [-0.25, -0.2) is 0 Å². The van der Waals surface area contributed by atoms with E-state index in [9.17, 15) is 15.3 Å². The lowest BCUT2D eigenvalue weighted by Crippen LogP contribution is -2.36. The average molecular weight is 234 g/mol. The quantitative estimate of drug-likeness (QED) is 0.525. The fraction of sp³-hybridized carbons (Fsp3) is 1.00. The summed E-state index contributed by atoms with van der Waals surface area (Å²) in [6, 6.07) is 0. The minimum absolute atomic E-state index is 0.265. The van der Waals surface area contributed by atoms with Gasteiger partial charge in [0.2, 0.25) is 0 Å². The monoisotopic (exact) mass is 234 g/mol. The standard InChI is InChI=1S/C12H26O4/c1-9(13)7-10(14)5-6-12(4,16)8-11(2,3)15/h9-10,13-16H,5-8H2,1-4H3. The lowest BCUT2D eigenvalue weighted by atomic mass is 9.86. The van der Waals surface area contributed by atoms with E-state index >= 15 is 0 Å². The Bertz CT molecular complexity index is 194. The fourth-order valence-corrected chi connectivity index (χ4v) is 2.01. The number of aliphatic hydroxyl groups excluding tert-OH is 2.